The van der Waals surface area contributed by atoms with Crippen LogP contribution < -0.4 is 0 Å². The molecule has 1 heterocycles. The van der Waals surface area contributed by atoms with Crippen molar-refractivity contribution in [1.29, 1.82) is 0 Å². The first-order chi connectivity index (χ1) is 3.00. The van der Waals surface area contributed by atoms with E-state index in [4.69, 9.17) is 4.74 Å². The standard InChI is InChI=1S/C5H10O.BrH/c1-2-4-6-5-3-1;/h1-5H2;1H. The minimum atomic E-state index is 0. The summed E-state index contributed by atoms with van der Waals surface area (Å²) in [7, 11) is 0. The van der Waals surface area contributed by atoms with Gasteiger partial charge in [0.15, 0.2) is 0 Å². The van der Waals surface area contributed by atoms with E-state index in [0.717, 1.165) is 13.2 Å². The number of halogens is 1. The average molecular weight is 167 g/mol. The van der Waals surface area contributed by atoms with Crippen LogP contribution >= 0.6 is 17.0 Å². The van der Waals surface area contributed by atoms with Gasteiger partial charge in [0.2, 0.25) is 0 Å². The van der Waals surface area contributed by atoms with Crippen LogP contribution in [0.1, 0.15) is 19.3 Å². The van der Waals surface area contributed by atoms with Crippen LogP contribution in [0.25, 0.3) is 0 Å². The second kappa shape index (κ2) is 4.60. The molecule has 0 saturated carbocycles. The smallest absolute Gasteiger partial charge is 0.0466 e. The minimum Gasteiger partial charge on any atom is -0.381 e. The largest absolute Gasteiger partial charge is 0.381 e. The summed E-state index contributed by atoms with van der Waals surface area (Å²) < 4.78 is 5.07. The first-order valence-corrected chi connectivity index (χ1v) is 2.58. The van der Waals surface area contributed by atoms with Crippen molar-refractivity contribution in [1.82, 2.24) is 0 Å². The molecule has 1 fully saturated rings. The fourth-order valence-corrected chi connectivity index (χ4v) is 0.687. The monoisotopic (exact) mass is 166 g/mol. The highest BCUT2D eigenvalue weighted by molar-refractivity contribution is 8.93. The molecule has 0 aromatic heterocycles. The van der Waals surface area contributed by atoms with Crippen molar-refractivity contribution in [2.75, 3.05) is 13.2 Å². The first kappa shape index (κ1) is 7.44. The third-order valence-electron chi connectivity index (χ3n) is 1.08. The maximum Gasteiger partial charge on any atom is 0.0466 e. The van der Waals surface area contributed by atoms with Gasteiger partial charge in [-0.25, -0.2) is 0 Å². The first-order valence-electron chi connectivity index (χ1n) is 2.58. The number of hydrogen-bond donors (Lipinski definition) is 0. The van der Waals surface area contributed by atoms with Crippen LogP contribution in [0, 0.1) is 0 Å². The summed E-state index contributed by atoms with van der Waals surface area (Å²) in [5, 5.41) is 0. The van der Waals surface area contributed by atoms with Crippen LogP contribution in [0.3, 0.4) is 0 Å². The van der Waals surface area contributed by atoms with Gasteiger partial charge >= 0.3 is 0 Å². The highest BCUT2D eigenvalue weighted by atomic mass is 79.9. The molecular formula is C5H11BrO. The zero-order valence-corrected chi connectivity index (χ0v) is 6.07. The fraction of sp³-hybridized carbons (Fsp3) is 1.00. The van der Waals surface area contributed by atoms with E-state index in [0.29, 0.717) is 0 Å². The molecule has 0 aromatic rings. The van der Waals surface area contributed by atoms with Crippen molar-refractivity contribution in [3.05, 3.63) is 0 Å². The molecule has 0 aliphatic carbocycles. The van der Waals surface area contributed by atoms with E-state index >= 15 is 0 Å². The molecule has 1 aliphatic rings. The quantitative estimate of drug-likeness (QED) is 0.534. The number of ether oxygens (including phenoxy) is 1. The number of hydrogen-bond acceptors (Lipinski definition) is 1. The lowest BCUT2D eigenvalue weighted by Crippen LogP contribution is -2.03. The summed E-state index contributed by atoms with van der Waals surface area (Å²) in [6, 6.07) is 0. The van der Waals surface area contributed by atoms with Crippen LogP contribution in [-0.2, 0) is 4.74 Å². The second-order valence-corrected chi connectivity index (χ2v) is 1.67. The Morgan fingerprint density at radius 1 is 0.857 bits per heavy atom. The normalized spacial score (nSPS) is 20.6. The molecule has 7 heavy (non-hydrogen) atoms. The third kappa shape index (κ3) is 3.06. The molecule has 44 valence electrons. The van der Waals surface area contributed by atoms with Crippen molar-refractivity contribution in [3.8, 4) is 0 Å². The van der Waals surface area contributed by atoms with E-state index in [2.05, 4.69) is 0 Å². The molecule has 0 N–H and O–H groups in total. The Hall–Kier alpha value is 0.440. The molecule has 0 atom stereocenters. The maximum atomic E-state index is 5.07. The van der Waals surface area contributed by atoms with Gasteiger partial charge in [0.25, 0.3) is 0 Å². The topological polar surface area (TPSA) is 9.23 Å². The average Bonchev–Trinajstić information content (AvgIpc) is 1.72. The maximum absolute atomic E-state index is 5.07. The highest BCUT2D eigenvalue weighted by Gasteiger charge is 1.94. The highest BCUT2D eigenvalue weighted by Crippen LogP contribution is 2.01. The van der Waals surface area contributed by atoms with Gasteiger partial charge in [0.1, 0.15) is 0 Å². The molecule has 1 aliphatic heterocycles. The Morgan fingerprint density at radius 2 is 1.43 bits per heavy atom. The van der Waals surface area contributed by atoms with Crippen LogP contribution in [0.5, 0.6) is 0 Å². The van der Waals surface area contributed by atoms with Gasteiger partial charge < -0.3 is 4.74 Å². The third-order valence-corrected chi connectivity index (χ3v) is 1.08. The fourth-order valence-electron chi connectivity index (χ4n) is 0.687. The summed E-state index contributed by atoms with van der Waals surface area (Å²) in [4.78, 5) is 0. The lowest BCUT2D eigenvalue weighted by Gasteiger charge is -2.08. The van der Waals surface area contributed by atoms with Gasteiger partial charge in [-0.3, -0.25) is 0 Å². The molecule has 0 radical (unpaired) electrons. The molecule has 0 spiro atoms. The van der Waals surface area contributed by atoms with Crippen molar-refractivity contribution in [3.63, 3.8) is 0 Å². The SMILES string of the molecule is Br.C1CCOCC1. The van der Waals surface area contributed by atoms with E-state index in [1.807, 2.05) is 0 Å². The molecule has 1 rings (SSSR count). The van der Waals surface area contributed by atoms with Crippen LogP contribution in [-0.4, -0.2) is 13.2 Å². The number of rotatable bonds is 0. The summed E-state index contributed by atoms with van der Waals surface area (Å²) in [6.45, 7) is 2.00. The van der Waals surface area contributed by atoms with Gasteiger partial charge in [0.05, 0.1) is 0 Å². The Balaban J connectivity index is 0.000000360. The van der Waals surface area contributed by atoms with Crippen LogP contribution in [0.4, 0.5) is 0 Å². The lowest BCUT2D eigenvalue weighted by atomic mass is 10.2. The van der Waals surface area contributed by atoms with E-state index in [-0.39, 0.29) is 17.0 Å². The van der Waals surface area contributed by atoms with Crippen molar-refractivity contribution in [2.24, 2.45) is 0 Å². The van der Waals surface area contributed by atoms with Gasteiger partial charge in [0, 0.05) is 13.2 Å². The molecule has 0 amide bonds. The van der Waals surface area contributed by atoms with Gasteiger partial charge in [-0.1, -0.05) is 0 Å². The predicted octanol–water partition coefficient (Wildman–Crippen LogP) is 1.76. The summed E-state index contributed by atoms with van der Waals surface area (Å²) in [6.07, 6.45) is 3.93. The Bertz CT molecular complexity index is 23.6. The minimum absolute atomic E-state index is 0. The second-order valence-electron chi connectivity index (χ2n) is 1.67. The molecular weight excluding hydrogens is 156 g/mol. The Morgan fingerprint density at radius 3 is 1.57 bits per heavy atom. The summed E-state index contributed by atoms with van der Waals surface area (Å²) in [5.41, 5.74) is 0. The van der Waals surface area contributed by atoms with Crippen molar-refractivity contribution >= 4 is 17.0 Å². The van der Waals surface area contributed by atoms with Crippen LogP contribution in [0.15, 0.2) is 0 Å². The Labute approximate surface area is 54.8 Å². The zero-order chi connectivity index (χ0) is 4.24. The zero-order valence-electron chi connectivity index (χ0n) is 4.35. The Kier molecular flexibility index (Phi) is 4.88. The van der Waals surface area contributed by atoms with Gasteiger partial charge in [-0.15, -0.1) is 17.0 Å². The van der Waals surface area contributed by atoms with E-state index in [1.54, 1.807) is 0 Å². The molecule has 0 unspecified atom stereocenters. The predicted molar refractivity (Wildman–Crippen MR) is 35.0 cm³/mol. The molecule has 0 aromatic carbocycles. The molecule has 0 bridgehead atoms. The molecule has 1 nitrogen and oxygen atoms in total. The van der Waals surface area contributed by atoms with E-state index < -0.39 is 0 Å². The van der Waals surface area contributed by atoms with Crippen LogP contribution in [0.2, 0.25) is 0 Å². The van der Waals surface area contributed by atoms with Crippen molar-refractivity contribution < 1.29 is 4.74 Å². The molecule has 2 heteroatoms. The van der Waals surface area contributed by atoms with Crippen molar-refractivity contribution in [2.45, 2.75) is 19.3 Å². The van der Waals surface area contributed by atoms with E-state index in [9.17, 15) is 0 Å². The summed E-state index contributed by atoms with van der Waals surface area (Å²) in [5.74, 6) is 0. The van der Waals surface area contributed by atoms with Gasteiger partial charge in [-0.05, 0) is 19.3 Å². The summed E-state index contributed by atoms with van der Waals surface area (Å²) >= 11 is 0. The van der Waals surface area contributed by atoms with E-state index in [1.165, 1.54) is 19.3 Å². The van der Waals surface area contributed by atoms with Gasteiger partial charge in [-0.2, -0.15) is 0 Å². The molecule has 1 saturated heterocycles. The lowest BCUT2D eigenvalue weighted by molar-refractivity contribution is 0.0968.